The number of ether oxygens (including phenoxy) is 2. The maximum absolute atomic E-state index is 12.1. The fourth-order valence-electron chi connectivity index (χ4n) is 2.02. The van der Waals surface area contributed by atoms with Gasteiger partial charge in [0, 0.05) is 6.07 Å². The number of carbonyl (C=O) groups is 1. The molecule has 0 radical (unpaired) electrons. The van der Waals surface area contributed by atoms with E-state index in [-0.39, 0.29) is 11.6 Å². The van der Waals surface area contributed by atoms with Crippen molar-refractivity contribution in [2.75, 3.05) is 0 Å². The van der Waals surface area contributed by atoms with Crippen molar-refractivity contribution in [3.8, 4) is 11.5 Å². The van der Waals surface area contributed by atoms with E-state index in [2.05, 4.69) is 20.8 Å². The van der Waals surface area contributed by atoms with Gasteiger partial charge < -0.3 is 9.47 Å². The Balaban J connectivity index is 2.10. The van der Waals surface area contributed by atoms with Crippen LogP contribution in [0.5, 0.6) is 11.5 Å². The monoisotopic (exact) mass is 298 g/mol. The number of hydrogen-bond donors (Lipinski definition) is 0. The summed E-state index contributed by atoms with van der Waals surface area (Å²) in [5.74, 6) is 0.831. The molecule has 0 aliphatic rings. The topological polar surface area (TPSA) is 35.5 Å². The van der Waals surface area contributed by atoms with Crippen molar-refractivity contribution in [2.24, 2.45) is 0 Å². The van der Waals surface area contributed by atoms with E-state index in [1.165, 1.54) is 0 Å². The molecule has 0 fully saturated rings. The van der Waals surface area contributed by atoms with Gasteiger partial charge in [-0.15, -0.1) is 0 Å². The average Bonchev–Trinajstić information content (AvgIpc) is 2.56. The third-order valence-corrected chi connectivity index (χ3v) is 3.89. The van der Waals surface area contributed by atoms with Gasteiger partial charge in [0.2, 0.25) is 0 Å². The Kier molecular flexibility index (Phi) is 5.21. The fourth-order valence-corrected chi connectivity index (χ4v) is 2.02. The first kappa shape index (κ1) is 16.1. The lowest BCUT2D eigenvalue weighted by Gasteiger charge is -2.28. The van der Waals surface area contributed by atoms with Gasteiger partial charge in [0.1, 0.15) is 17.1 Å². The highest BCUT2D eigenvalue weighted by Crippen LogP contribution is 2.27. The number of rotatable bonds is 6. The Bertz CT molecular complexity index is 616. The van der Waals surface area contributed by atoms with Crippen molar-refractivity contribution < 1.29 is 14.3 Å². The second-order valence-electron chi connectivity index (χ2n) is 5.49. The van der Waals surface area contributed by atoms with Gasteiger partial charge in [-0.3, -0.25) is 0 Å². The molecule has 0 aliphatic carbocycles. The number of carbonyl (C=O) groups excluding carboxylic acids is 1. The van der Waals surface area contributed by atoms with E-state index in [0.29, 0.717) is 17.1 Å². The van der Waals surface area contributed by atoms with Gasteiger partial charge in [-0.2, -0.15) is 0 Å². The minimum absolute atomic E-state index is 0.206. The van der Waals surface area contributed by atoms with E-state index in [4.69, 9.17) is 9.47 Å². The van der Waals surface area contributed by atoms with Gasteiger partial charge in [0.15, 0.2) is 0 Å². The Hall–Kier alpha value is -2.29. The molecule has 3 heteroatoms. The van der Waals surface area contributed by atoms with Gasteiger partial charge >= 0.3 is 5.97 Å². The minimum Gasteiger partial charge on any atom is -0.487 e. The first-order valence-electron chi connectivity index (χ1n) is 7.62. The highest BCUT2D eigenvalue weighted by atomic mass is 16.5. The van der Waals surface area contributed by atoms with Crippen molar-refractivity contribution in [1.29, 1.82) is 0 Å². The fraction of sp³-hybridized carbons (Fsp3) is 0.316. The lowest BCUT2D eigenvalue weighted by Crippen LogP contribution is -2.30. The van der Waals surface area contributed by atoms with E-state index < -0.39 is 0 Å². The normalized spacial score (nSPS) is 11.0. The molecule has 0 atom stereocenters. The summed E-state index contributed by atoms with van der Waals surface area (Å²) in [5.41, 5.74) is 0.322. The molecule has 0 amide bonds. The lowest BCUT2D eigenvalue weighted by atomic mass is 10.00. The predicted octanol–water partition coefficient (Wildman–Crippen LogP) is 4.86. The quantitative estimate of drug-likeness (QED) is 0.564. The largest absolute Gasteiger partial charge is 0.487 e. The van der Waals surface area contributed by atoms with E-state index in [0.717, 1.165) is 12.8 Å². The summed E-state index contributed by atoms with van der Waals surface area (Å²) in [5, 5.41) is 0. The van der Waals surface area contributed by atoms with Gasteiger partial charge in [0.05, 0.1) is 5.56 Å². The third-order valence-electron chi connectivity index (χ3n) is 3.89. The van der Waals surface area contributed by atoms with Crippen molar-refractivity contribution in [3.05, 3.63) is 60.2 Å². The smallest absolute Gasteiger partial charge is 0.343 e. The van der Waals surface area contributed by atoms with Crippen LogP contribution in [0.3, 0.4) is 0 Å². The predicted molar refractivity (Wildman–Crippen MR) is 87.5 cm³/mol. The zero-order chi connectivity index (χ0) is 16.0. The van der Waals surface area contributed by atoms with Gasteiger partial charge in [0.25, 0.3) is 0 Å². The molecule has 2 rings (SSSR count). The van der Waals surface area contributed by atoms with Crippen molar-refractivity contribution in [3.63, 3.8) is 0 Å². The minimum atomic E-state index is -0.369. The zero-order valence-corrected chi connectivity index (χ0v) is 13.3. The van der Waals surface area contributed by atoms with E-state index >= 15 is 0 Å². The molecule has 0 aliphatic heterocycles. The second-order valence-corrected chi connectivity index (χ2v) is 5.49. The number of hydrogen-bond acceptors (Lipinski definition) is 3. The first-order chi connectivity index (χ1) is 10.6. The highest BCUT2D eigenvalue weighted by molar-refractivity contribution is 5.90. The molecule has 0 saturated heterocycles. The average molecular weight is 298 g/mol. The van der Waals surface area contributed by atoms with Crippen LogP contribution in [0.1, 0.15) is 44.0 Å². The maximum atomic E-state index is 12.1. The summed E-state index contributed by atoms with van der Waals surface area (Å²) >= 11 is 0. The van der Waals surface area contributed by atoms with Crippen molar-refractivity contribution >= 4 is 5.97 Å². The Morgan fingerprint density at radius 3 is 2.23 bits per heavy atom. The van der Waals surface area contributed by atoms with Gasteiger partial charge in [-0.25, -0.2) is 4.79 Å². The molecule has 0 aromatic heterocycles. The summed E-state index contributed by atoms with van der Waals surface area (Å²) in [6, 6.07) is 16.2. The molecular weight excluding hydrogens is 276 g/mol. The molecule has 0 bridgehead atoms. The van der Waals surface area contributed by atoms with Crippen LogP contribution in [0.2, 0.25) is 0 Å². The lowest BCUT2D eigenvalue weighted by molar-refractivity contribution is 0.0726. The number of esters is 1. The molecule has 116 valence electrons. The van der Waals surface area contributed by atoms with Gasteiger partial charge in [-0.1, -0.05) is 38.1 Å². The maximum Gasteiger partial charge on any atom is 0.343 e. The standard InChI is InChI=1S/C19H22O3/c1-4-19(3,5-2)22-17-13-9-12-16(14-17)21-18(20)15-10-7-6-8-11-15/h6-14H,4-5H2,1-3H3. The van der Waals surface area contributed by atoms with Gasteiger partial charge in [-0.05, 0) is 44.0 Å². The highest BCUT2D eigenvalue weighted by Gasteiger charge is 2.21. The molecule has 0 unspecified atom stereocenters. The Labute approximate surface area is 131 Å². The Morgan fingerprint density at radius 1 is 0.955 bits per heavy atom. The molecule has 3 nitrogen and oxygen atoms in total. The summed E-state index contributed by atoms with van der Waals surface area (Å²) in [7, 11) is 0. The SMILES string of the molecule is CCC(C)(CC)Oc1cccc(OC(=O)c2ccccc2)c1. The molecule has 2 aromatic rings. The molecule has 22 heavy (non-hydrogen) atoms. The van der Waals surface area contributed by atoms with Crippen LogP contribution in [0, 0.1) is 0 Å². The molecule has 0 saturated carbocycles. The third kappa shape index (κ3) is 4.10. The van der Waals surface area contributed by atoms with E-state index in [9.17, 15) is 4.79 Å². The van der Waals surface area contributed by atoms with Crippen LogP contribution in [0.25, 0.3) is 0 Å². The summed E-state index contributed by atoms with van der Waals surface area (Å²) in [6.07, 6.45) is 1.83. The van der Waals surface area contributed by atoms with Crippen LogP contribution in [0.15, 0.2) is 54.6 Å². The van der Waals surface area contributed by atoms with E-state index in [1.807, 2.05) is 30.3 Å². The van der Waals surface area contributed by atoms with Crippen LogP contribution >= 0.6 is 0 Å². The van der Waals surface area contributed by atoms with Crippen LogP contribution in [0.4, 0.5) is 0 Å². The zero-order valence-electron chi connectivity index (χ0n) is 13.3. The molecule has 2 aromatic carbocycles. The van der Waals surface area contributed by atoms with Crippen molar-refractivity contribution in [1.82, 2.24) is 0 Å². The molecule has 0 N–H and O–H groups in total. The van der Waals surface area contributed by atoms with E-state index in [1.54, 1.807) is 24.3 Å². The molecular formula is C19H22O3. The van der Waals surface area contributed by atoms with Crippen molar-refractivity contribution in [2.45, 2.75) is 39.2 Å². The second kappa shape index (κ2) is 7.12. The van der Waals surface area contributed by atoms with Crippen LogP contribution in [-0.4, -0.2) is 11.6 Å². The van der Waals surface area contributed by atoms with Crippen LogP contribution in [-0.2, 0) is 0 Å². The summed E-state index contributed by atoms with van der Waals surface area (Å²) < 4.78 is 11.4. The van der Waals surface area contributed by atoms with Crippen LogP contribution < -0.4 is 9.47 Å². The first-order valence-corrected chi connectivity index (χ1v) is 7.62. The summed E-state index contributed by atoms with van der Waals surface area (Å²) in [4.78, 5) is 12.1. The number of benzene rings is 2. The summed E-state index contributed by atoms with van der Waals surface area (Å²) in [6.45, 7) is 6.28. The molecule has 0 heterocycles. The molecule has 0 spiro atoms. The Morgan fingerprint density at radius 2 is 1.59 bits per heavy atom.